The number of morpholine rings is 1. The molecule has 0 radical (unpaired) electrons. The Morgan fingerprint density at radius 3 is 2.06 bits per heavy atom. The van der Waals surface area contributed by atoms with E-state index in [9.17, 15) is 14.7 Å². The Hall–Kier alpha value is -3.32. The molecule has 4 rings (SSSR count). The van der Waals surface area contributed by atoms with Crippen LogP contribution >= 0.6 is 0 Å². The summed E-state index contributed by atoms with van der Waals surface area (Å²) in [5.41, 5.74) is 8.78. The van der Waals surface area contributed by atoms with E-state index in [0.29, 0.717) is 30.5 Å². The normalized spacial score (nSPS) is 14.0. The zero-order valence-electron chi connectivity index (χ0n) is 19.3. The quantitative estimate of drug-likeness (QED) is 0.499. The van der Waals surface area contributed by atoms with Crippen LogP contribution in [0.25, 0.3) is 0 Å². The van der Waals surface area contributed by atoms with Gasteiger partial charge in [0.1, 0.15) is 11.9 Å². The second kappa shape index (κ2) is 13.4. The lowest BCUT2D eigenvalue weighted by atomic mass is 10.0. The molecule has 178 valence electrons. The fraction of sp³-hybridized carbons (Fsp3) is 0.286. The molecule has 6 nitrogen and oxygen atoms in total. The molecule has 0 spiro atoms. The number of ether oxygens (including phenoxy) is 1. The van der Waals surface area contributed by atoms with Gasteiger partial charge in [0.2, 0.25) is 0 Å². The average Bonchev–Trinajstić information content (AvgIpc) is 2.90. The van der Waals surface area contributed by atoms with Gasteiger partial charge in [0.25, 0.3) is 0 Å². The maximum Gasteiger partial charge on any atom is 0.195 e. The summed E-state index contributed by atoms with van der Waals surface area (Å²) in [6, 6.07) is 26.0. The van der Waals surface area contributed by atoms with E-state index in [1.807, 2.05) is 24.3 Å². The van der Waals surface area contributed by atoms with E-state index in [-0.39, 0.29) is 11.6 Å². The average molecular weight is 461 g/mol. The highest BCUT2D eigenvalue weighted by Crippen LogP contribution is 2.18. The molecule has 3 aromatic carbocycles. The van der Waals surface area contributed by atoms with E-state index in [4.69, 9.17) is 10.5 Å². The lowest BCUT2D eigenvalue weighted by Crippen LogP contribution is -2.36. The van der Waals surface area contributed by atoms with Gasteiger partial charge in [-0.1, -0.05) is 72.8 Å². The fourth-order valence-corrected chi connectivity index (χ4v) is 3.67. The van der Waals surface area contributed by atoms with Gasteiger partial charge in [-0.05, 0) is 29.8 Å². The molecule has 1 unspecified atom stereocenters. The predicted octanol–water partition coefficient (Wildman–Crippen LogP) is 3.59. The number of rotatable bonds is 8. The third kappa shape index (κ3) is 7.63. The molecular formula is C28H32N2O4. The molecule has 1 aliphatic heterocycles. The SMILES string of the molecule is NCCC(=O)Cc1ccc(N2CCOCC2)cc1.O=C(c1ccccc1)C(O)c1ccccc1. The second-order valence-corrected chi connectivity index (χ2v) is 8.06. The van der Waals surface area contributed by atoms with Crippen molar-refractivity contribution in [3.63, 3.8) is 0 Å². The Labute approximate surface area is 201 Å². The van der Waals surface area contributed by atoms with Crippen LogP contribution in [0.1, 0.15) is 34.0 Å². The highest BCUT2D eigenvalue weighted by molar-refractivity contribution is 5.99. The van der Waals surface area contributed by atoms with Crippen molar-refractivity contribution in [3.8, 4) is 0 Å². The lowest BCUT2D eigenvalue weighted by molar-refractivity contribution is -0.118. The number of anilines is 1. The first-order chi connectivity index (χ1) is 16.6. The molecular weight excluding hydrogens is 428 g/mol. The largest absolute Gasteiger partial charge is 0.380 e. The molecule has 0 aromatic heterocycles. The molecule has 1 heterocycles. The van der Waals surface area contributed by atoms with E-state index >= 15 is 0 Å². The smallest absolute Gasteiger partial charge is 0.195 e. The van der Waals surface area contributed by atoms with E-state index in [0.717, 1.165) is 31.9 Å². The highest BCUT2D eigenvalue weighted by atomic mass is 16.5. The molecule has 0 saturated carbocycles. The van der Waals surface area contributed by atoms with Gasteiger partial charge >= 0.3 is 0 Å². The van der Waals surface area contributed by atoms with Crippen LogP contribution in [-0.2, 0) is 16.0 Å². The molecule has 3 aromatic rings. The van der Waals surface area contributed by atoms with Gasteiger partial charge in [-0.2, -0.15) is 0 Å². The molecule has 6 heteroatoms. The van der Waals surface area contributed by atoms with E-state index in [2.05, 4.69) is 17.0 Å². The van der Waals surface area contributed by atoms with Crippen LogP contribution in [0.15, 0.2) is 84.9 Å². The first kappa shape index (κ1) is 25.3. The molecule has 1 fully saturated rings. The van der Waals surface area contributed by atoms with Gasteiger partial charge in [0.15, 0.2) is 5.78 Å². The van der Waals surface area contributed by atoms with Crippen molar-refractivity contribution < 1.29 is 19.4 Å². The van der Waals surface area contributed by atoms with Crippen molar-refractivity contribution in [1.82, 2.24) is 0 Å². The lowest BCUT2D eigenvalue weighted by Gasteiger charge is -2.28. The molecule has 34 heavy (non-hydrogen) atoms. The number of hydrogen-bond acceptors (Lipinski definition) is 6. The van der Waals surface area contributed by atoms with Gasteiger partial charge < -0.3 is 20.5 Å². The predicted molar refractivity (Wildman–Crippen MR) is 134 cm³/mol. The Morgan fingerprint density at radius 1 is 0.882 bits per heavy atom. The van der Waals surface area contributed by atoms with Crippen molar-refractivity contribution in [2.75, 3.05) is 37.7 Å². The number of hydrogen-bond donors (Lipinski definition) is 2. The van der Waals surface area contributed by atoms with Crippen molar-refractivity contribution in [2.24, 2.45) is 5.73 Å². The number of nitrogens with zero attached hydrogens (tertiary/aromatic N) is 1. The van der Waals surface area contributed by atoms with Gasteiger partial charge in [-0.3, -0.25) is 9.59 Å². The van der Waals surface area contributed by atoms with Gasteiger partial charge in [-0.15, -0.1) is 0 Å². The number of carbonyl (C=O) groups excluding carboxylic acids is 2. The minimum absolute atomic E-state index is 0.205. The third-order valence-corrected chi connectivity index (χ3v) is 5.56. The van der Waals surface area contributed by atoms with Crippen LogP contribution in [0.5, 0.6) is 0 Å². The highest BCUT2D eigenvalue weighted by Gasteiger charge is 2.18. The molecule has 0 amide bonds. The zero-order chi connectivity index (χ0) is 24.2. The Morgan fingerprint density at radius 2 is 1.47 bits per heavy atom. The monoisotopic (exact) mass is 460 g/mol. The Bertz CT molecular complexity index is 1020. The van der Waals surface area contributed by atoms with Crippen molar-refractivity contribution in [2.45, 2.75) is 18.9 Å². The standard InChI is InChI=1S/C14H20N2O2.C14H12O2/c15-6-5-14(17)11-12-1-3-13(4-2-12)16-7-9-18-10-8-16;15-13(11-7-3-1-4-8-11)14(16)12-9-5-2-6-10-12/h1-4H,5-11,15H2;1-10,13,15H. The minimum atomic E-state index is -1.08. The molecule has 1 aliphatic rings. The molecule has 0 bridgehead atoms. The summed E-state index contributed by atoms with van der Waals surface area (Å²) in [4.78, 5) is 25.7. The summed E-state index contributed by atoms with van der Waals surface area (Å²) >= 11 is 0. The van der Waals surface area contributed by atoms with Crippen LogP contribution in [0.3, 0.4) is 0 Å². The number of aliphatic hydroxyl groups excluding tert-OH is 1. The van der Waals surface area contributed by atoms with Gasteiger partial charge in [-0.25, -0.2) is 0 Å². The second-order valence-electron chi connectivity index (χ2n) is 8.06. The van der Waals surface area contributed by atoms with E-state index < -0.39 is 6.10 Å². The van der Waals surface area contributed by atoms with Crippen LogP contribution in [0.4, 0.5) is 5.69 Å². The zero-order valence-corrected chi connectivity index (χ0v) is 19.3. The van der Waals surface area contributed by atoms with Crippen LogP contribution < -0.4 is 10.6 Å². The number of benzene rings is 3. The minimum Gasteiger partial charge on any atom is -0.380 e. The van der Waals surface area contributed by atoms with Crippen molar-refractivity contribution in [1.29, 1.82) is 0 Å². The maximum atomic E-state index is 11.9. The molecule has 3 N–H and O–H groups in total. The number of aliphatic hydroxyl groups is 1. The molecule has 1 saturated heterocycles. The summed E-state index contributed by atoms with van der Waals surface area (Å²) < 4.78 is 5.33. The maximum absolute atomic E-state index is 11.9. The van der Waals surface area contributed by atoms with Crippen LogP contribution in [0, 0.1) is 0 Å². The topological polar surface area (TPSA) is 92.9 Å². The van der Waals surface area contributed by atoms with E-state index in [1.54, 1.807) is 48.5 Å². The first-order valence-electron chi connectivity index (χ1n) is 11.5. The number of ketones is 2. The van der Waals surface area contributed by atoms with E-state index in [1.165, 1.54) is 5.69 Å². The van der Waals surface area contributed by atoms with Gasteiger partial charge in [0, 0.05) is 37.2 Å². The number of nitrogens with two attached hydrogens (primary N) is 1. The summed E-state index contributed by atoms with van der Waals surface area (Å²) in [7, 11) is 0. The third-order valence-electron chi connectivity index (χ3n) is 5.56. The summed E-state index contributed by atoms with van der Waals surface area (Å²) in [6.07, 6.45) is -0.130. The summed E-state index contributed by atoms with van der Waals surface area (Å²) in [5, 5.41) is 9.89. The van der Waals surface area contributed by atoms with Gasteiger partial charge in [0.05, 0.1) is 13.2 Å². The Kier molecular flexibility index (Phi) is 9.98. The van der Waals surface area contributed by atoms with Crippen LogP contribution in [-0.4, -0.2) is 49.5 Å². The molecule has 0 aliphatic carbocycles. The number of carbonyl (C=O) groups is 2. The molecule has 1 atom stereocenters. The van der Waals surface area contributed by atoms with Crippen LogP contribution in [0.2, 0.25) is 0 Å². The fourth-order valence-electron chi connectivity index (χ4n) is 3.67. The Balaban J connectivity index is 0.000000192. The number of Topliss-reactive ketones (excluding diaryl/α,β-unsaturated/α-hetero) is 2. The first-order valence-corrected chi connectivity index (χ1v) is 11.5. The van der Waals surface area contributed by atoms with Crippen molar-refractivity contribution in [3.05, 3.63) is 102 Å². The summed E-state index contributed by atoms with van der Waals surface area (Å²) in [6.45, 7) is 3.88. The van der Waals surface area contributed by atoms with Crippen molar-refractivity contribution >= 4 is 17.3 Å². The summed E-state index contributed by atoms with van der Waals surface area (Å²) in [5.74, 6) is -0.0663.